The summed E-state index contributed by atoms with van der Waals surface area (Å²) in [5.74, 6) is 0.339. The zero-order chi connectivity index (χ0) is 58.9. The number of carboxylic acids is 1. The Labute approximate surface area is 660 Å². The van der Waals surface area contributed by atoms with Gasteiger partial charge in [0.1, 0.15) is 23.1 Å². The first-order valence-corrected chi connectivity index (χ1v) is 31.7. The topological polar surface area (TPSA) is 378 Å². The molecule has 0 amide bonds. The monoisotopic (exact) mass is 1350 g/mol. The molecule has 420 valence electrons. The molecule has 0 saturated heterocycles. The Morgan fingerprint density at radius 2 is 1.17 bits per heavy atom. The van der Waals surface area contributed by atoms with Crippen LogP contribution in [0.5, 0.6) is 0 Å². The van der Waals surface area contributed by atoms with Crippen LogP contribution in [-0.4, -0.2) is 97.1 Å². The number of carboxylic acid groups (broad SMARTS) is 1. The number of carbonyl (C=O) groups excluding carboxylic acids is 1. The standard InChI is InChI=1S/C43H38N10S2.C5H11NO4S.CH4O3S.4K.H2O6S2/c1-23-17-25(3)37(26(4)18-23)48-40-38(49-50-41-31(22-44)30(8)51-53(41)43-46-33-14-10-12-16-35(33)55-43)27(5)21-36(47-40)52(39-28(6)19-24(2)20-29(39)7)42-45-32-13-9-11-15-34(32)54-42;1-11(9,10)6-4-2-3-5(7)8;1-5(2,3)4;;;;;1-7(2,3)8(4,5)6/h9-21H,1-8H3,(H,47,48);6H,2-4H2,1H3,(H,7,8);1H3,(H,2,3,4);;;;;(H,1,2,3)(H,4,5,6)/q;;;4*+1;/p-4. The Morgan fingerprint density at radius 3 is 1.63 bits per heavy atom. The van der Waals surface area contributed by atoms with Crippen molar-refractivity contribution in [2.24, 2.45) is 10.2 Å². The van der Waals surface area contributed by atoms with Crippen LogP contribution in [0.4, 0.5) is 39.6 Å². The molecule has 0 bridgehead atoms. The number of sulfonamides is 1. The SMILES string of the molecule is CS(=O)(=O)NCCCC(=O)[O-].CS(=O)(=O)[O-].Cc1cc(C)c(Nc2nc(N(c3nc4ccccc4s3)c3c(C)cc(C)cc3C)cc(C)c2N=Nc2c(C#N)c(C)nn2-c2nc3ccccc3s2)c(C)c1.O=S(=O)([O-])S(=O)(=O)[O-].[K+].[K+].[K+].[K+]. The van der Waals surface area contributed by atoms with Crippen LogP contribution >= 0.6 is 22.7 Å². The van der Waals surface area contributed by atoms with E-state index in [1.54, 1.807) is 22.9 Å². The van der Waals surface area contributed by atoms with Crippen LogP contribution in [0.1, 0.15) is 63.0 Å². The quantitative estimate of drug-likeness (QED) is 0.0342. The number of aromatic nitrogens is 5. The van der Waals surface area contributed by atoms with E-state index in [9.17, 15) is 49.5 Å². The zero-order valence-electron chi connectivity index (χ0n) is 47.9. The number of para-hydroxylation sites is 2. The molecule has 0 saturated carbocycles. The van der Waals surface area contributed by atoms with Crippen LogP contribution in [0.25, 0.3) is 25.6 Å². The van der Waals surface area contributed by atoms with Gasteiger partial charge in [0.15, 0.2) is 35.1 Å². The van der Waals surface area contributed by atoms with Gasteiger partial charge in [0, 0.05) is 24.5 Å². The third-order valence-corrected chi connectivity index (χ3v) is 15.4. The minimum Gasteiger partial charge on any atom is -0.748 e. The van der Waals surface area contributed by atoms with E-state index in [4.69, 9.17) is 43.2 Å². The first-order chi connectivity index (χ1) is 36.6. The number of aryl methyl sites for hydroxylation is 8. The number of pyridine rings is 1. The minimum atomic E-state index is -5.67. The van der Waals surface area contributed by atoms with Gasteiger partial charge in [-0.2, -0.15) is 15.0 Å². The summed E-state index contributed by atoms with van der Waals surface area (Å²) in [5.41, 5.74) is 12.7. The largest absolute Gasteiger partial charge is 1.00 e. The molecule has 4 aromatic carbocycles. The number of carbonyl (C=O) groups is 1. The molecule has 0 fully saturated rings. The molecule has 0 aliphatic heterocycles. The summed E-state index contributed by atoms with van der Waals surface area (Å²) in [4.78, 5) is 27.3. The van der Waals surface area contributed by atoms with Crippen LogP contribution in [0.2, 0.25) is 0 Å². The van der Waals surface area contributed by atoms with Gasteiger partial charge in [0.2, 0.25) is 15.2 Å². The van der Waals surface area contributed by atoms with E-state index in [1.165, 1.54) is 22.5 Å². The number of thiazole rings is 2. The molecule has 8 rings (SSSR count). The van der Waals surface area contributed by atoms with Crippen LogP contribution in [0.15, 0.2) is 89.1 Å². The zero-order valence-corrected chi connectivity index (χ0v) is 65.3. The molecule has 0 aliphatic rings. The Kier molecular flexibility index (Phi) is 34.0. The number of aliphatic carboxylic acids is 1. The third-order valence-electron chi connectivity index (χ3n) is 10.7. The van der Waals surface area contributed by atoms with E-state index in [0.29, 0.717) is 45.8 Å². The van der Waals surface area contributed by atoms with Crippen molar-refractivity contribution < 1.29 is 263 Å². The van der Waals surface area contributed by atoms with Crippen molar-refractivity contribution in [2.45, 2.75) is 68.2 Å². The van der Waals surface area contributed by atoms with E-state index >= 15 is 0 Å². The van der Waals surface area contributed by atoms with E-state index in [0.717, 1.165) is 71.0 Å². The van der Waals surface area contributed by atoms with E-state index in [-0.39, 0.29) is 225 Å². The number of hydrogen-bond acceptors (Lipinski definition) is 24. The summed E-state index contributed by atoms with van der Waals surface area (Å²) >= 11 is 3.10. The fourth-order valence-electron chi connectivity index (χ4n) is 7.67. The molecule has 0 aliphatic carbocycles. The van der Waals surface area contributed by atoms with Crippen LogP contribution in [0, 0.1) is 66.7 Å². The number of benzene rings is 4. The van der Waals surface area contributed by atoms with Crippen molar-refractivity contribution >= 4 is 127 Å². The van der Waals surface area contributed by atoms with Crippen molar-refractivity contribution in [3.63, 3.8) is 0 Å². The first-order valence-electron chi connectivity index (χ1n) is 23.0. The number of hydrogen-bond donors (Lipinski definition) is 2. The molecule has 24 nitrogen and oxygen atoms in total. The molecule has 0 atom stereocenters. The number of fused-ring (bicyclic) bond motifs is 2. The first kappa shape index (κ1) is 80.4. The number of nitriles is 1. The number of anilines is 5. The third kappa shape index (κ3) is 24.3. The predicted molar refractivity (Wildman–Crippen MR) is 297 cm³/mol. The van der Waals surface area contributed by atoms with Gasteiger partial charge in [-0.05, 0) is 126 Å². The number of nitrogens with one attached hydrogen (secondary N) is 2. The smallest absolute Gasteiger partial charge is 0.748 e. The molecule has 2 N–H and O–H groups in total. The average molecular weight is 1350 g/mol. The Morgan fingerprint density at radius 1 is 0.687 bits per heavy atom. The second-order valence-corrected chi connectivity index (χ2v) is 26.9. The van der Waals surface area contributed by atoms with Crippen LogP contribution in [-0.2, 0) is 43.2 Å². The molecule has 8 aromatic rings. The molecule has 0 spiro atoms. The van der Waals surface area contributed by atoms with Crippen LogP contribution < -0.4 is 226 Å². The molecule has 4 heterocycles. The fourth-order valence-corrected chi connectivity index (χ4v) is 10.1. The van der Waals surface area contributed by atoms with Gasteiger partial charge in [-0.15, -0.1) is 10.2 Å². The van der Waals surface area contributed by atoms with E-state index in [2.05, 4.69) is 92.9 Å². The summed E-state index contributed by atoms with van der Waals surface area (Å²) in [6.07, 6.45) is 1.76. The second kappa shape index (κ2) is 35.1. The van der Waals surface area contributed by atoms with Gasteiger partial charge in [0.25, 0.3) is 0 Å². The minimum absolute atomic E-state index is 0. The van der Waals surface area contributed by atoms with Crippen molar-refractivity contribution in [3.8, 4) is 11.2 Å². The van der Waals surface area contributed by atoms with Crippen molar-refractivity contribution in [3.05, 3.63) is 129 Å². The van der Waals surface area contributed by atoms with Gasteiger partial charge >= 0.3 is 206 Å². The van der Waals surface area contributed by atoms with E-state index in [1.807, 2.05) is 55.5 Å². The van der Waals surface area contributed by atoms with Crippen LogP contribution in [0.3, 0.4) is 0 Å². The van der Waals surface area contributed by atoms with Crippen molar-refractivity contribution in [1.29, 1.82) is 5.26 Å². The van der Waals surface area contributed by atoms with Gasteiger partial charge in [0.05, 0.1) is 48.2 Å². The number of nitrogens with zero attached hydrogens (tertiary/aromatic N) is 9. The summed E-state index contributed by atoms with van der Waals surface area (Å²) in [6.45, 7) is 16.6. The predicted octanol–water partition coefficient (Wildman–Crippen LogP) is -4.31. The van der Waals surface area contributed by atoms with Gasteiger partial charge in [-0.1, -0.05) is 82.3 Å². The summed E-state index contributed by atoms with van der Waals surface area (Å²) in [7, 11) is -18.4. The van der Waals surface area contributed by atoms with Crippen molar-refractivity contribution in [1.82, 2.24) is 29.5 Å². The molecule has 0 radical (unpaired) electrons. The second-order valence-electron chi connectivity index (χ2n) is 17.6. The maximum atomic E-state index is 10.4. The molecule has 83 heavy (non-hydrogen) atoms. The van der Waals surface area contributed by atoms with Gasteiger partial charge < -0.3 is 28.9 Å². The Hall–Kier alpha value is -0.635. The number of azo groups is 1. The fraction of sp³-hybridized carbons (Fsp3) is 0.265. The normalized spacial score (nSPS) is 11.2. The molecular weight excluding hydrogens is 1300 g/mol. The molecule has 4 aromatic heterocycles. The Balaban J connectivity index is 0.00000104. The van der Waals surface area contributed by atoms with E-state index < -0.39 is 44.4 Å². The van der Waals surface area contributed by atoms with Gasteiger partial charge in [-0.25, -0.2) is 53.3 Å². The number of rotatable bonds is 14. The summed E-state index contributed by atoms with van der Waals surface area (Å²) in [6, 6.07) is 29.1. The summed E-state index contributed by atoms with van der Waals surface area (Å²) in [5, 5.41) is 39.5. The average Bonchev–Trinajstić information content (AvgIpc) is 4.22. The van der Waals surface area contributed by atoms with Crippen molar-refractivity contribution in [2.75, 3.05) is 29.3 Å². The maximum Gasteiger partial charge on any atom is 1.00 e. The Bertz CT molecular complexity index is 4010. The molecule has 0 unspecified atom stereocenters. The molecular formula is C49H51K4N11O13S6. The maximum absolute atomic E-state index is 10.4. The van der Waals surface area contributed by atoms with Gasteiger partial charge in [-0.3, -0.25) is 4.90 Å². The molecule has 34 heteroatoms. The summed E-state index contributed by atoms with van der Waals surface area (Å²) < 4.78 is 109.